The van der Waals surface area contributed by atoms with Crippen LogP contribution in [-0.4, -0.2) is 28.6 Å². The molecule has 0 amide bonds. The van der Waals surface area contributed by atoms with Crippen LogP contribution in [0.25, 0.3) is 44.5 Å². The van der Waals surface area contributed by atoms with Crippen molar-refractivity contribution >= 4 is 38.3 Å². The van der Waals surface area contributed by atoms with Gasteiger partial charge in [0, 0.05) is 51.3 Å². The van der Waals surface area contributed by atoms with Crippen molar-refractivity contribution in [3.05, 3.63) is 78.0 Å². The van der Waals surface area contributed by atoms with E-state index >= 15 is 0 Å². The molecule has 5 aromatic rings. The molecule has 0 aliphatic heterocycles. The molecular weight excluding hydrogens is 479 g/mol. The van der Waals surface area contributed by atoms with Gasteiger partial charge in [0.25, 0.3) is 0 Å². The Hall–Kier alpha value is -3.86. The summed E-state index contributed by atoms with van der Waals surface area (Å²) in [6.45, 7) is 0. The second-order valence-electron chi connectivity index (χ2n) is 7.54. The normalized spacial score (nSPS) is 11.7. The molecule has 0 spiro atoms. The molecule has 0 saturated heterocycles. The van der Waals surface area contributed by atoms with E-state index < -0.39 is 15.8 Å². The van der Waals surface area contributed by atoms with Crippen molar-refractivity contribution in [2.24, 2.45) is 5.14 Å². The van der Waals surface area contributed by atoms with Gasteiger partial charge in [0.05, 0.1) is 4.90 Å². The number of hydrogen-bond acceptors (Lipinski definition) is 6. The summed E-state index contributed by atoms with van der Waals surface area (Å²) in [5.41, 5.74) is 9.06. The van der Waals surface area contributed by atoms with Crippen LogP contribution in [0.1, 0.15) is 0 Å². The van der Waals surface area contributed by atoms with Crippen LogP contribution in [0, 0.1) is 5.82 Å². The van der Waals surface area contributed by atoms with Gasteiger partial charge in [-0.2, -0.15) is 5.10 Å². The van der Waals surface area contributed by atoms with Gasteiger partial charge in [0.2, 0.25) is 10.0 Å². The summed E-state index contributed by atoms with van der Waals surface area (Å²) in [4.78, 5) is 8.55. The smallest absolute Gasteiger partial charge is 0.238 e. The zero-order chi connectivity index (χ0) is 24.0. The number of nitrogens with zero attached hydrogens (tertiary/aromatic N) is 3. The Balaban J connectivity index is 1.66. The Morgan fingerprint density at radius 3 is 2.41 bits per heavy atom. The highest BCUT2D eigenvalue weighted by Gasteiger charge is 2.19. The minimum Gasteiger partial charge on any atom is -0.399 e. The van der Waals surface area contributed by atoms with Crippen molar-refractivity contribution in [2.45, 2.75) is 4.90 Å². The first-order chi connectivity index (χ1) is 16.2. The third kappa shape index (κ3) is 3.87. The third-order valence-corrected chi connectivity index (χ3v) is 6.59. The molecule has 0 radical (unpaired) electrons. The van der Waals surface area contributed by atoms with Gasteiger partial charge in [-0.15, -0.1) is 0 Å². The summed E-state index contributed by atoms with van der Waals surface area (Å²) in [5, 5.41) is 13.1. The molecule has 34 heavy (non-hydrogen) atoms. The first-order valence-electron chi connectivity index (χ1n) is 9.90. The largest absolute Gasteiger partial charge is 0.399 e. The van der Waals surface area contributed by atoms with E-state index in [4.69, 9.17) is 22.5 Å². The van der Waals surface area contributed by atoms with Gasteiger partial charge in [0.1, 0.15) is 16.7 Å². The van der Waals surface area contributed by atoms with Crippen LogP contribution in [0.4, 0.5) is 10.1 Å². The molecule has 0 unspecified atom stereocenters. The highest BCUT2D eigenvalue weighted by atomic mass is 35.5. The van der Waals surface area contributed by atoms with Crippen molar-refractivity contribution < 1.29 is 12.8 Å². The monoisotopic (exact) mass is 494 g/mol. The van der Waals surface area contributed by atoms with E-state index in [1.165, 1.54) is 18.3 Å². The molecule has 5 rings (SSSR count). The first-order valence-corrected chi connectivity index (χ1v) is 11.8. The predicted octanol–water partition coefficient (Wildman–Crippen LogP) is 4.38. The molecule has 0 aliphatic rings. The number of hydrogen-bond donors (Lipinski definition) is 3. The number of anilines is 1. The number of nitrogens with two attached hydrogens (primary N) is 2. The molecule has 0 fully saturated rings. The fraction of sp³-hybridized carbons (Fsp3) is 0. The summed E-state index contributed by atoms with van der Waals surface area (Å²) >= 11 is 6.32. The van der Waals surface area contributed by atoms with Gasteiger partial charge >= 0.3 is 0 Å². The van der Waals surface area contributed by atoms with Crippen LogP contribution in [0.15, 0.2) is 71.9 Å². The highest BCUT2D eigenvalue weighted by Crippen LogP contribution is 2.36. The molecule has 3 aromatic heterocycles. The molecule has 0 aliphatic carbocycles. The van der Waals surface area contributed by atoms with E-state index in [1.54, 1.807) is 48.7 Å². The maximum atomic E-state index is 14.5. The van der Waals surface area contributed by atoms with Crippen molar-refractivity contribution in [1.29, 1.82) is 0 Å². The number of halogens is 2. The first kappa shape index (κ1) is 22.0. The Kier molecular flexibility index (Phi) is 5.28. The van der Waals surface area contributed by atoms with Gasteiger partial charge in [-0.05, 0) is 36.4 Å². The molecule has 3 heterocycles. The molecule has 170 valence electrons. The lowest BCUT2D eigenvalue weighted by molar-refractivity contribution is 0.598. The SMILES string of the molecule is Nc1ccc(-c2n[nH]c3ncc(-c4cnc(Cl)c(-c5ccccc5S(N)(=O)=O)c4)cc23)c(F)c1. The van der Waals surface area contributed by atoms with Gasteiger partial charge in [-0.1, -0.05) is 29.8 Å². The summed E-state index contributed by atoms with van der Waals surface area (Å²) in [6.07, 6.45) is 3.14. The molecule has 8 nitrogen and oxygen atoms in total. The summed E-state index contributed by atoms with van der Waals surface area (Å²) in [7, 11) is -4.00. The standard InChI is InChI=1S/C23H16ClFN6O2S/c24-22-17(15-3-1-2-4-20(15)34(27,32)33)7-12(10-28-22)13-8-18-21(30-31-23(18)29-11-13)16-6-5-14(26)9-19(16)25/h1-11H,26H2,(H2,27,32,33)(H,29,30,31). The van der Waals surface area contributed by atoms with Crippen LogP contribution in [0.5, 0.6) is 0 Å². The van der Waals surface area contributed by atoms with Crippen LogP contribution < -0.4 is 10.9 Å². The Bertz CT molecular complexity index is 1690. The number of H-pyrrole nitrogens is 1. The topological polar surface area (TPSA) is 141 Å². The van der Waals surface area contributed by atoms with Crippen molar-refractivity contribution in [3.63, 3.8) is 0 Å². The lowest BCUT2D eigenvalue weighted by Gasteiger charge is -2.11. The minimum absolute atomic E-state index is 0.0691. The Morgan fingerprint density at radius 1 is 0.912 bits per heavy atom. The predicted molar refractivity (Wildman–Crippen MR) is 129 cm³/mol. The Labute approximate surface area is 198 Å². The molecule has 0 saturated carbocycles. The molecule has 0 atom stereocenters. The number of aromatic nitrogens is 4. The van der Waals surface area contributed by atoms with E-state index in [0.717, 1.165) is 0 Å². The average Bonchev–Trinajstić information content (AvgIpc) is 3.22. The molecular formula is C23H16ClFN6O2S. The number of rotatable bonds is 4. The van der Waals surface area contributed by atoms with Crippen molar-refractivity contribution in [3.8, 4) is 33.5 Å². The van der Waals surface area contributed by atoms with E-state index in [0.29, 0.717) is 44.7 Å². The maximum Gasteiger partial charge on any atom is 0.238 e. The number of pyridine rings is 2. The van der Waals surface area contributed by atoms with E-state index in [-0.39, 0.29) is 15.6 Å². The van der Waals surface area contributed by atoms with Gasteiger partial charge < -0.3 is 5.73 Å². The second-order valence-corrected chi connectivity index (χ2v) is 9.42. The molecule has 11 heteroatoms. The minimum atomic E-state index is -4.00. The Morgan fingerprint density at radius 2 is 1.65 bits per heavy atom. The lowest BCUT2D eigenvalue weighted by Crippen LogP contribution is -2.13. The number of nitrogens with one attached hydrogen (secondary N) is 1. The van der Waals surface area contributed by atoms with E-state index in [2.05, 4.69) is 20.2 Å². The lowest BCUT2D eigenvalue weighted by atomic mass is 10.0. The number of benzene rings is 2. The number of aromatic amines is 1. The van der Waals surface area contributed by atoms with E-state index in [9.17, 15) is 12.8 Å². The van der Waals surface area contributed by atoms with Crippen molar-refractivity contribution in [2.75, 3.05) is 5.73 Å². The quantitative estimate of drug-likeness (QED) is 0.250. The van der Waals surface area contributed by atoms with Crippen molar-refractivity contribution in [1.82, 2.24) is 20.2 Å². The highest BCUT2D eigenvalue weighted by molar-refractivity contribution is 7.89. The number of sulfonamides is 1. The number of nitrogen functional groups attached to an aromatic ring is 1. The fourth-order valence-corrected chi connectivity index (χ4v) is 4.68. The molecule has 2 aromatic carbocycles. The maximum absolute atomic E-state index is 14.5. The van der Waals surface area contributed by atoms with Crippen LogP contribution in [0.3, 0.4) is 0 Å². The number of primary sulfonamides is 1. The second kappa shape index (κ2) is 8.17. The van der Waals surface area contributed by atoms with Gasteiger partial charge in [-0.3, -0.25) is 5.10 Å². The summed E-state index contributed by atoms with van der Waals surface area (Å²) in [5.74, 6) is -0.506. The zero-order valence-electron chi connectivity index (χ0n) is 17.3. The van der Waals surface area contributed by atoms with Gasteiger partial charge in [0.15, 0.2) is 5.65 Å². The summed E-state index contributed by atoms with van der Waals surface area (Å²) in [6, 6.07) is 14.1. The molecule has 5 N–H and O–H groups in total. The number of fused-ring (bicyclic) bond motifs is 1. The third-order valence-electron chi connectivity index (χ3n) is 5.32. The van der Waals surface area contributed by atoms with Crippen LogP contribution in [-0.2, 0) is 10.0 Å². The van der Waals surface area contributed by atoms with Crippen LogP contribution >= 0.6 is 11.6 Å². The zero-order valence-corrected chi connectivity index (χ0v) is 18.9. The van der Waals surface area contributed by atoms with Crippen LogP contribution in [0.2, 0.25) is 5.15 Å². The summed E-state index contributed by atoms with van der Waals surface area (Å²) < 4.78 is 38.7. The fourth-order valence-electron chi connectivity index (χ4n) is 3.72. The van der Waals surface area contributed by atoms with E-state index in [1.807, 2.05) is 0 Å². The average molecular weight is 495 g/mol. The van der Waals surface area contributed by atoms with Gasteiger partial charge in [-0.25, -0.2) is 27.9 Å². The molecule has 0 bridgehead atoms.